The minimum absolute atomic E-state index is 0.0853. The van der Waals surface area contributed by atoms with Gasteiger partial charge >= 0.3 is 5.97 Å². The van der Waals surface area contributed by atoms with Crippen molar-refractivity contribution in [2.75, 3.05) is 11.9 Å². The Bertz CT molecular complexity index is 868. The maximum atomic E-state index is 12.7. The lowest BCUT2D eigenvalue weighted by Crippen LogP contribution is -2.37. The number of hydrogen-bond donors (Lipinski definition) is 1. The van der Waals surface area contributed by atoms with Gasteiger partial charge < -0.3 is 15.0 Å². The zero-order chi connectivity index (χ0) is 20.4. The van der Waals surface area contributed by atoms with Crippen molar-refractivity contribution in [3.8, 4) is 0 Å². The topological polar surface area (TPSA) is 75.7 Å². The van der Waals surface area contributed by atoms with Crippen molar-refractivity contribution in [1.29, 1.82) is 0 Å². The fraction of sp³-hybridized carbons (Fsp3) is 0.476. The molecule has 2 amide bonds. The fourth-order valence-electron chi connectivity index (χ4n) is 3.65. The highest BCUT2D eigenvalue weighted by Crippen LogP contribution is 2.38. The van der Waals surface area contributed by atoms with E-state index in [4.69, 9.17) is 16.3 Å². The van der Waals surface area contributed by atoms with Crippen LogP contribution in [0.25, 0.3) is 0 Å². The molecular weight excluding hydrogens is 412 g/mol. The van der Waals surface area contributed by atoms with Crippen LogP contribution in [0.4, 0.5) is 5.69 Å². The van der Waals surface area contributed by atoms with Gasteiger partial charge in [-0.15, -0.1) is 11.8 Å². The van der Waals surface area contributed by atoms with Crippen molar-refractivity contribution in [3.63, 3.8) is 0 Å². The SMILES string of the molecule is O=C(C[C@H]1Sc2ccc(Cl)cc2NC1=O)OCC(=O)N(C1=CCCCC1)C1CC1. The Kier molecular flexibility index (Phi) is 6.15. The van der Waals surface area contributed by atoms with Gasteiger partial charge in [-0.25, -0.2) is 0 Å². The zero-order valence-electron chi connectivity index (χ0n) is 16.0. The Balaban J connectivity index is 1.31. The number of esters is 1. The number of fused-ring (bicyclic) bond motifs is 1. The van der Waals surface area contributed by atoms with E-state index in [0.717, 1.165) is 49.1 Å². The summed E-state index contributed by atoms with van der Waals surface area (Å²) in [7, 11) is 0. The van der Waals surface area contributed by atoms with E-state index >= 15 is 0 Å². The Morgan fingerprint density at radius 1 is 1.28 bits per heavy atom. The van der Waals surface area contributed by atoms with E-state index in [1.807, 2.05) is 11.0 Å². The molecule has 1 aromatic carbocycles. The first-order chi connectivity index (χ1) is 14.0. The van der Waals surface area contributed by atoms with E-state index in [1.165, 1.54) is 11.8 Å². The summed E-state index contributed by atoms with van der Waals surface area (Å²) in [4.78, 5) is 40.0. The Hall–Kier alpha value is -1.99. The minimum atomic E-state index is -0.591. The molecule has 1 heterocycles. The van der Waals surface area contributed by atoms with Crippen molar-refractivity contribution in [2.24, 2.45) is 0 Å². The molecular formula is C21H23ClN2O4S. The molecule has 6 nitrogen and oxygen atoms in total. The van der Waals surface area contributed by atoms with Gasteiger partial charge in [0.1, 0.15) is 0 Å². The van der Waals surface area contributed by atoms with Crippen LogP contribution in [0.2, 0.25) is 5.02 Å². The number of hydrogen-bond acceptors (Lipinski definition) is 5. The third-order valence-corrected chi connectivity index (χ3v) is 6.74. The van der Waals surface area contributed by atoms with Gasteiger partial charge in [-0.05, 0) is 56.7 Å². The summed E-state index contributed by atoms with van der Waals surface area (Å²) in [5, 5.41) is 2.72. The van der Waals surface area contributed by atoms with E-state index in [2.05, 4.69) is 11.4 Å². The largest absolute Gasteiger partial charge is 0.456 e. The highest BCUT2D eigenvalue weighted by atomic mass is 35.5. The zero-order valence-corrected chi connectivity index (χ0v) is 17.6. The van der Waals surface area contributed by atoms with Crippen molar-refractivity contribution in [1.82, 2.24) is 4.90 Å². The lowest BCUT2D eigenvalue weighted by molar-refractivity contribution is -0.151. The highest BCUT2D eigenvalue weighted by Gasteiger charge is 2.36. The van der Waals surface area contributed by atoms with E-state index in [9.17, 15) is 14.4 Å². The van der Waals surface area contributed by atoms with Crippen LogP contribution >= 0.6 is 23.4 Å². The van der Waals surface area contributed by atoms with Gasteiger partial charge in [-0.2, -0.15) is 0 Å². The summed E-state index contributed by atoms with van der Waals surface area (Å²) in [6, 6.07) is 5.48. The number of benzene rings is 1. The number of amides is 2. The normalized spacial score (nSPS) is 20.9. The summed E-state index contributed by atoms with van der Waals surface area (Å²) in [5.74, 6) is -0.980. The van der Waals surface area contributed by atoms with Crippen LogP contribution in [0, 0.1) is 0 Å². The molecule has 1 N–H and O–H groups in total. The monoisotopic (exact) mass is 434 g/mol. The van der Waals surface area contributed by atoms with Crippen LogP contribution in [0.5, 0.6) is 0 Å². The first-order valence-corrected chi connectivity index (χ1v) is 11.2. The lowest BCUT2D eigenvalue weighted by Gasteiger charge is -2.28. The molecule has 0 spiro atoms. The smallest absolute Gasteiger partial charge is 0.307 e. The van der Waals surface area contributed by atoms with Crippen LogP contribution in [-0.4, -0.2) is 40.6 Å². The van der Waals surface area contributed by atoms with Gasteiger partial charge in [0.2, 0.25) is 5.91 Å². The second-order valence-electron chi connectivity index (χ2n) is 7.54. The molecule has 0 radical (unpaired) electrons. The first kappa shape index (κ1) is 20.3. The first-order valence-electron chi connectivity index (χ1n) is 9.95. The molecule has 1 aliphatic heterocycles. The number of carbonyl (C=O) groups is 3. The number of rotatable bonds is 6. The Labute approximate surface area is 179 Å². The van der Waals surface area contributed by atoms with Gasteiger partial charge in [0.15, 0.2) is 6.61 Å². The van der Waals surface area contributed by atoms with E-state index in [-0.39, 0.29) is 30.9 Å². The molecule has 1 saturated carbocycles. The second kappa shape index (κ2) is 8.79. The van der Waals surface area contributed by atoms with Gasteiger partial charge in [-0.1, -0.05) is 17.7 Å². The highest BCUT2D eigenvalue weighted by molar-refractivity contribution is 8.01. The molecule has 29 heavy (non-hydrogen) atoms. The summed E-state index contributed by atoms with van der Waals surface area (Å²) in [6.07, 6.45) is 8.18. The predicted octanol–water partition coefficient (Wildman–Crippen LogP) is 4.14. The number of nitrogens with zero attached hydrogens (tertiary/aromatic N) is 1. The number of anilines is 1. The van der Waals surface area contributed by atoms with Crippen molar-refractivity contribution in [2.45, 2.75) is 61.1 Å². The van der Waals surface area contributed by atoms with Crippen molar-refractivity contribution >= 4 is 46.8 Å². The van der Waals surface area contributed by atoms with Crippen LogP contribution in [0.3, 0.4) is 0 Å². The standard InChI is InChI=1S/C21H23ClN2O4S/c22-13-6-9-17-16(10-13)23-21(27)18(29-17)11-20(26)28-12-19(25)24(15-7-8-15)14-4-2-1-3-5-14/h4,6,9-10,15,18H,1-3,5,7-8,11-12H2,(H,23,27)/t18-/m1/s1. The molecule has 2 aliphatic carbocycles. The van der Waals surface area contributed by atoms with Gasteiger partial charge in [-0.3, -0.25) is 14.4 Å². The average molecular weight is 435 g/mol. The third kappa shape index (κ3) is 4.95. The van der Waals surface area contributed by atoms with Gasteiger partial charge in [0, 0.05) is 21.7 Å². The second-order valence-corrected chi connectivity index (χ2v) is 9.22. The Morgan fingerprint density at radius 2 is 2.10 bits per heavy atom. The molecule has 0 aromatic heterocycles. The summed E-state index contributed by atoms with van der Waals surface area (Å²) >= 11 is 7.25. The molecule has 0 bridgehead atoms. The maximum Gasteiger partial charge on any atom is 0.307 e. The number of ether oxygens (including phenoxy) is 1. The summed E-state index contributed by atoms with van der Waals surface area (Å²) in [5.41, 5.74) is 1.71. The quantitative estimate of drug-likeness (QED) is 0.681. The number of allylic oxidation sites excluding steroid dienone is 2. The number of nitrogens with one attached hydrogen (secondary N) is 1. The molecule has 3 aliphatic rings. The summed E-state index contributed by atoms with van der Waals surface area (Å²) in [6.45, 7) is -0.280. The molecule has 8 heteroatoms. The van der Waals surface area contributed by atoms with Gasteiger partial charge in [0.05, 0.1) is 17.4 Å². The van der Waals surface area contributed by atoms with Crippen LogP contribution < -0.4 is 5.32 Å². The Morgan fingerprint density at radius 3 is 2.83 bits per heavy atom. The van der Waals surface area contributed by atoms with Crippen LogP contribution in [0.1, 0.15) is 44.9 Å². The molecule has 1 atom stereocenters. The molecule has 1 aromatic rings. The molecule has 154 valence electrons. The van der Waals surface area contributed by atoms with E-state index < -0.39 is 11.2 Å². The van der Waals surface area contributed by atoms with Crippen LogP contribution in [0.15, 0.2) is 34.9 Å². The molecule has 4 rings (SSSR count). The third-order valence-electron chi connectivity index (χ3n) is 5.23. The number of carbonyl (C=O) groups excluding carboxylic acids is 3. The number of thioether (sulfide) groups is 1. The molecule has 0 saturated heterocycles. The van der Waals surface area contributed by atoms with Gasteiger partial charge in [0.25, 0.3) is 5.91 Å². The number of halogens is 1. The van der Waals surface area contributed by atoms with Crippen molar-refractivity contribution < 1.29 is 19.1 Å². The fourth-order valence-corrected chi connectivity index (χ4v) is 4.90. The summed E-state index contributed by atoms with van der Waals surface area (Å²) < 4.78 is 5.24. The van der Waals surface area contributed by atoms with E-state index in [1.54, 1.807) is 12.1 Å². The minimum Gasteiger partial charge on any atom is -0.456 e. The molecule has 0 unspecified atom stereocenters. The molecule has 1 fully saturated rings. The maximum absolute atomic E-state index is 12.7. The lowest BCUT2D eigenvalue weighted by atomic mass is 10.0. The van der Waals surface area contributed by atoms with Crippen molar-refractivity contribution in [3.05, 3.63) is 35.0 Å². The predicted molar refractivity (Wildman–Crippen MR) is 112 cm³/mol. The van der Waals surface area contributed by atoms with E-state index in [0.29, 0.717) is 10.7 Å². The van der Waals surface area contributed by atoms with Crippen LogP contribution in [-0.2, 0) is 19.1 Å². The average Bonchev–Trinajstić information content (AvgIpc) is 3.53.